The van der Waals surface area contributed by atoms with Gasteiger partial charge < -0.3 is 35.4 Å². The minimum absolute atomic E-state index is 0.0597. The summed E-state index contributed by atoms with van der Waals surface area (Å²) in [6, 6.07) is 14.0. The first-order valence-electron chi connectivity index (χ1n) is 19.5. The van der Waals surface area contributed by atoms with E-state index in [1.54, 1.807) is 18.2 Å². The van der Waals surface area contributed by atoms with Crippen molar-refractivity contribution in [1.82, 2.24) is 29.7 Å². The number of pyridine rings is 1. The van der Waals surface area contributed by atoms with E-state index >= 15 is 0 Å². The number of nitrogens with zero attached hydrogens (tertiary/aromatic N) is 4. The number of benzene rings is 2. The lowest BCUT2D eigenvalue weighted by Crippen LogP contribution is -2.54. The Morgan fingerprint density at radius 2 is 1.70 bits per heavy atom. The van der Waals surface area contributed by atoms with Crippen molar-refractivity contribution in [2.75, 3.05) is 43.6 Å². The number of carbonyl (C=O) groups excluding carboxylic acids is 4. The third-order valence-corrected chi connectivity index (χ3v) is 11.1. The quantitative estimate of drug-likeness (QED) is 0.0762. The molecule has 296 valence electrons. The predicted molar refractivity (Wildman–Crippen MR) is 212 cm³/mol. The highest BCUT2D eigenvalue weighted by Gasteiger charge is 2.45. The molecule has 0 spiro atoms. The largest absolute Gasteiger partial charge is 0.382 e. The summed E-state index contributed by atoms with van der Waals surface area (Å²) in [7, 11) is 0. The average Bonchev–Trinajstić information content (AvgIpc) is 3.73. The van der Waals surface area contributed by atoms with Crippen molar-refractivity contribution >= 4 is 62.6 Å². The van der Waals surface area contributed by atoms with Gasteiger partial charge in [0.05, 0.1) is 54.9 Å². The second kappa shape index (κ2) is 16.6. The zero-order valence-electron chi connectivity index (χ0n) is 31.4. The van der Waals surface area contributed by atoms with Gasteiger partial charge >= 0.3 is 0 Å². The zero-order valence-corrected chi connectivity index (χ0v) is 31.4. The summed E-state index contributed by atoms with van der Waals surface area (Å²) >= 11 is 0. The normalized spacial score (nSPS) is 19.7. The van der Waals surface area contributed by atoms with Crippen LogP contribution < -0.4 is 27.2 Å². The van der Waals surface area contributed by atoms with Crippen LogP contribution in [0.1, 0.15) is 64.9 Å². The van der Waals surface area contributed by atoms with Crippen LogP contribution in [0.2, 0.25) is 0 Å². The molecule has 57 heavy (non-hydrogen) atoms. The lowest BCUT2D eigenvalue weighted by molar-refractivity contribution is -0.136. The SMILES string of the molecule is N[C@H]1CCCC[C@H]1Cc1cc2nc[nH]c(=O)c2c(Nc2cccc3c2ccn3CCOCCOCCNc2cccc3c2C(=O)N(C2CCC(=O)NC2=O)C3=O)n1. The average molecular weight is 776 g/mol. The van der Waals surface area contributed by atoms with Gasteiger partial charge in [-0.1, -0.05) is 25.0 Å². The van der Waals surface area contributed by atoms with Crippen molar-refractivity contribution in [3.05, 3.63) is 88.2 Å². The summed E-state index contributed by atoms with van der Waals surface area (Å²) in [5, 5.41) is 10.2. The summed E-state index contributed by atoms with van der Waals surface area (Å²) in [6.07, 6.45) is 8.72. The number of carbonyl (C=O) groups is 4. The van der Waals surface area contributed by atoms with Gasteiger partial charge in [0.1, 0.15) is 17.2 Å². The van der Waals surface area contributed by atoms with Gasteiger partial charge in [-0.05, 0) is 68.0 Å². The molecule has 3 aromatic heterocycles. The Balaban J connectivity index is 0.821. The number of nitrogens with two attached hydrogens (primary N) is 1. The number of nitrogens with one attached hydrogen (secondary N) is 4. The van der Waals surface area contributed by atoms with Crippen LogP contribution in [-0.4, -0.2) is 93.1 Å². The van der Waals surface area contributed by atoms with Crippen LogP contribution in [0, 0.1) is 5.92 Å². The van der Waals surface area contributed by atoms with Crippen LogP contribution in [0.3, 0.4) is 0 Å². The Labute approximate surface area is 327 Å². The Hall–Kier alpha value is -5.97. The maximum atomic E-state index is 13.3. The van der Waals surface area contributed by atoms with E-state index < -0.39 is 29.7 Å². The van der Waals surface area contributed by atoms with Gasteiger partial charge in [-0.3, -0.25) is 34.2 Å². The van der Waals surface area contributed by atoms with Gasteiger partial charge in [-0.25, -0.2) is 9.97 Å². The number of aromatic nitrogens is 4. The van der Waals surface area contributed by atoms with Crippen molar-refractivity contribution in [3.63, 3.8) is 0 Å². The lowest BCUT2D eigenvalue weighted by Gasteiger charge is -2.28. The van der Waals surface area contributed by atoms with E-state index in [1.165, 1.54) is 6.33 Å². The van der Waals surface area contributed by atoms with Gasteiger partial charge in [0, 0.05) is 54.2 Å². The number of fused-ring (bicyclic) bond motifs is 3. The standard InChI is InChI=1S/C41H45N9O7/c42-28-7-2-1-5-24(28)21-25-22-31-36(39(53)45-23-44-31)37(46-25)47-29-8-4-10-32-26(29)13-15-49(32)16-18-57-20-19-56-17-14-43-30-9-3-6-27-35(30)41(55)50(40(27)54)33-11-12-34(51)48-38(33)52/h3-4,6,8-10,13,15,22-24,28,33,43H,1-2,5,7,11-12,14,16-21,42H2,(H,46,47)(H,44,45,53)(H,48,51,52)/t24-,28-,33?/m0/s1. The van der Waals surface area contributed by atoms with Crippen molar-refractivity contribution < 1.29 is 28.7 Å². The summed E-state index contributed by atoms with van der Waals surface area (Å²) in [5.41, 5.74) is 10.4. The van der Waals surface area contributed by atoms with Gasteiger partial charge in [-0.2, -0.15) is 0 Å². The third kappa shape index (κ3) is 7.88. The van der Waals surface area contributed by atoms with Crippen molar-refractivity contribution in [1.29, 1.82) is 0 Å². The Morgan fingerprint density at radius 1 is 0.895 bits per heavy atom. The molecule has 5 heterocycles. The van der Waals surface area contributed by atoms with Crippen molar-refractivity contribution in [2.24, 2.45) is 11.7 Å². The minimum atomic E-state index is -1.02. The number of H-pyrrole nitrogens is 1. The molecule has 5 aromatic rings. The van der Waals surface area contributed by atoms with Gasteiger partial charge in [0.15, 0.2) is 0 Å². The van der Waals surface area contributed by atoms with Crippen LogP contribution in [0.5, 0.6) is 0 Å². The summed E-state index contributed by atoms with van der Waals surface area (Å²) in [5.74, 6) is -1.37. The number of ether oxygens (including phenoxy) is 2. The fourth-order valence-corrected chi connectivity index (χ4v) is 8.15. The minimum Gasteiger partial charge on any atom is -0.382 e. The van der Waals surface area contributed by atoms with E-state index in [-0.39, 0.29) is 35.6 Å². The number of amides is 4. The molecule has 0 bridgehead atoms. The molecular weight excluding hydrogens is 731 g/mol. The number of piperidine rings is 1. The molecule has 4 amide bonds. The molecule has 1 aliphatic carbocycles. The highest BCUT2D eigenvalue weighted by molar-refractivity contribution is 6.25. The van der Waals surface area contributed by atoms with E-state index in [9.17, 15) is 24.0 Å². The third-order valence-electron chi connectivity index (χ3n) is 11.1. The highest BCUT2D eigenvalue weighted by Crippen LogP contribution is 2.33. The maximum Gasteiger partial charge on any atom is 0.264 e. The zero-order chi connectivity index (χ0) is 39.5. The predicted octanol–water partition coefficient (Wildman–Crippen LogP) is 3.62. The van der Waals surface area contributed by atoms with Crippen molar-refractivity contribution in [3.8, 4) is 0 Å². The van der Waals surface area contributed by atoms with Gasteiger partial charge in [0.25, 0.3) is 17.4 Å². The lowest BCUT2D eigenvalue weighted by atomic mass is 9.82. The van der Waals surface area contributed by atoms with Crippen LogP contribution in [0.4, 0.5) is 17.2 Å². The molecular formula is C41H45N9O7. The molecule has 2 aliphatic heterocycles. The van der Waals surface area contributed by atoms with Crippen LogP contribution >= 0.6 is 0 Å². The number of hydrogen-bond acceptors (Lipinski definition) is 12. The summed E-state index contributed by atoms with van der Waals surface area (Å²) in [4.78, 5) is 76.4. The van der Waals surface area contributed by atoms with E-state index in [2.05, 4.69) is 30.5 Å². The maximum absolute atomic E-state index is 13.3. The smallest absolute Gasteiger partial charge is 0.264 e. The molecule has 3 atom stereocenters. The second-order valence-corrected chi connectivity index (χ2v) is 14.7. The van der Waals surface area contributed by atoms with E-state index in [4.69, 9.17) is 20.2 Å². The fraction of sp³-hybridized carbons (Fsp3) is 0.390. The summed E-state index contributed by atoms with van der Waals surface area (Å²) in [6.45, 7) is 2.50. The molecule has 16 heteroatoms. The van der Waals surface area contributed by atoms with Crippen LogP contribution in [-0.2, 0) is 32.0 Å². The molecule has 1 saturated heterocycles. The molecule has 2 aromatic carbocycles. The summed E-state index contributed by atoms with van der Waals surface area (Å²) < 4.78 is 13.7. The fourth-order valence-electron chi connectivity index (χ4n) is 8.15. The first-order valence-corrected chi connectivity index (χ1v) is 19.5. The Morgan fingerprint density at radius 3 is 2.54 bits per heavy atom. The number of imide groups is 2. The number of anilines is 3. The molecule has 1 unspecified atom stereocenters. The first-order chi connectivity index (χ1) is 27.8. The topological polar surface area (TPSA) is 216 Å². The van der Waals surface area contributed by atoms with Crippen molar-refractivity contribution in [2.45, 2.75) is 63.6 Å². The number of hydrogen-bond donors (Lipinski definition) is 5. The highest BCUT2D eigenvalue weighted by atomic mass is 16.5. The number of aromatic amines is 1. The Bertz CT molecular complexity index is 2410. The Kier molecular flexibility index (Phi) is 11.1. The van der Waals surface area contributed by atoms with Crippen LogP contribution in [0.25, 0.3) is 21.8 Å². The van der Waals surface area contributed by atoms with E-state index in [0.717, 1.165) is 59.3 Å². The molecule has 2 fully saturated rings. The molecule has 8 rings (SSSR count). The monoisotopic (exact) mass is 775 g/mol. The molecule has 0 radical (unpaired) electrons. The molecule has 16 nitrogen and oxygen atoms in total. The van der Waals surface area contributed by atoms with Gasteiger partial charge in [0.2, 0.25) is 11.8 Å². The van der Waals surface area contributed by atoms with Crippen LogP contribution in [0.15, 0.2) is 65.8 Å². The number of rotatable bonds is 15. The first kappa shape index (κ1) is 37.9. The molecule has 3 aliphatic rings. The van der Waals surface area contributed by atoms with E-state index in [1.807, 2.05) is 36.5 Å². The molecule has 6 N–H and O–H groups in total. The second-order valence-electron chi connectivity index (χ2n) is 14.7. The molecule has 1 saturated carbocycles. The van der Waals surface area contributed by atoms with E-state index in [0.29, 0.717) is 67.8 Å². The van der Waals surface area contributed by atoms with Gasteiger partial charge in [-0.15, -0.1) is 0 Å².